The number of aromatic nitrogens is 2. The van der Waals surface area contributed by atoms with Gasteiger partial charge in [-0.15, -0.1) is 0 Å². The zero-order chi connectivity index (χ0) is 10.1. The summed E-state index contributed by atoms with van der Waals surface area (Å²) < 4.78 is 2.00. The van der Waals surface area contributed by atoms with Gasteiger partial charge in [-0.1, -0.05) is 22.9 Å². The average molecular weight is 363 g/mol. The average Bonchev–Trinajstić information content (AvgIpc) is 2.17. The first-order valence-electron chi connectivity index (χ1n) is 4.31. The van der Waals surface area contributed by atoms with Crippen molar-refractivity contribution < 1.29 is 0 Å². The summed E-state index contributed by atoms with van der Waals surface area (Å²) in [7, 11) is 0. The Kier molecular flexibility index (Phi) is 3.02. The Bertz CT molecular complexity index is 485. The molecule has 0 saturated carbocycles. The fourth-order valence-corrected chi connectivity index (χ4v) is 2.27. The Balaban J connectivity index is 2.81. The molecular formula is C10H8BrIN2. The number of hydrogen-bond acceptors (Lipinski definition) is 2. The zero-order valence-electron chi connectivity index (χ0n) is 7.59. The maximum atomic E-state index is 4.49. The van der Waals surface area contributed by atoms with Gasteiger partial charge in [-0.3, -0.25) is 4.98 Å². The van der Waals surface area contributed by atoms with Gasteiger partial charge in [0.25, 0.3) is 0 Å². The Labute approximate surface area is 104 Å². The smallest absolute Gasteiger partial charge is 0.120 e. The van der Waals surface area contributed by atoms with Crippen molar-refractivity contribution in [2.45, 2.75) is 13.3 Å². The predicted octanol–water partition coefficient (Wildman–Crippen LogP) is 3.56. The number of halogens is 2. The van der Waals surface area contributed by atoms with Gasteiger partial charge < -0.3 is 0 Å². The fourth-order valence-electron chi connectivity index (χ4n) is 1.40. The van der Waals surface area contributed by atoms with Gasteiger partial charge in [0.2, 0.25) is 0 Å². The molecule has 2 nitrogen and oxygen atoms in total. The quantitative estimate of drug-likeness (QED) is 0.725. The first-order chi connectivity index (χ1) is 6.70. The molecule has 2 rings (SSSR count). The van der Waals surface area contributed by atoms with Gasteiger partial charge in [-0.05, 0) is 46.7 Å². The number of nitrogens with zero attached hydrogens (tertiary/aromatic N) is 2. The second-order valence-electron chi connectivity index (χ2n) is 2.98. The third kappa shape index (κ3) is 1.91. The van der Waals surface area contributed by atoms with Crippen molar-refractivity contribution in [2.75, 3.05) is 0 Å². The van der Waals surface area contributed by atoms with Crippen LogP contribution in [0.2, 0.25) is 0 Å². The van der Waals surface area contributed by atoms with E-state index in [0.29, 0.717) is 0 Å². The number of aryl methyl sites for hydroxylation is 1. The SMILES string of the molecule is CCc1cc(Br)cc2ncc(I)nc12. The lowest BCUT2D eigenvalue weighted by Crippen LogP contribution is -1.92. The van der Waals surface area contributed by atoms with Gasteiger partial charge in [0.1, 0.15) is 3.70 Å². The summed E-state index contributed by atoms with van der Waals surface area (Å²) in [5, 5.41) is 0. The van der Waals surface area contributed by atoms with E-state index in [0.717, 1.165) is 25.6 Å². The molecule has 0 radical (unpaired) electrons. The van der Waals surface area contributed by atoms with E-state index in [-0.39, 0.29) is 0 Å². The first kappa shape index (κ1) is 10.3. The Morgan fingerprint density at radius 2 is 2.21 bits per heavy atom. The van der Waals surface area contributed by atoms with E-state index in [1.165, 1.54) is 5.56 Å². The van der Waals surface area contributed by atoms with Crippen molar-refractivity contribution in [3.8, 4) is 0 Å². The summed E-state index contributed by atoms with van der Waals surface area (Å²) in [5.74, 6) is 0. The second kappa shape index (κ2) is 4.10. The molecule has 1 heterocycles. The molecular weight excluding hydrogens is 355 g/mol. The minimum Gasteiger partial charge on any atom is -0.252 e. The highest BCUT2D eigenvalue weighted by Crippen LogP contribution is 2.22. The van der Waals surface area contributed by atoms with E-state index in [1.54, 1.807) is 6.20 Å². The fraction of sp³-hybridized carbons (Fsp3) is 0.200. The number of fused-ring (bicyclic) bond motifs is 1. The number of hydrogen-bond donors (Lipinski definition) is 0. The van der Waals surface area contributed by atoms with E-state index >= 15 is 0 Å². The maximum Gasteiger partial charge on any atom is 0.120 e. The lowest BCUT2D eigenvalue weighted by atomic mass is 10.1. The van der Waals surface area contributed by atoms with Crippen LogP contribution in [0.1, 0.15) is 12.5 Å². The van der Waals surface area contributed by atoms with E-state index in [2.05, 4.69) is 61.5 Å². The van der Waals surface area contributed by atoms with Crippen molar-refractivity contribution in [1.29, 1.82) is 0 Å². The highest BCUT2D eigenvalue weighted by molar-refractivity contribution is 14.1. The van der Waals surface area contributed by atoms with Crippen LogP contribution in [-0.2, 0) is 6.42 Å². The van der Waals surface area contributed by atoms with Crippen LogP contribution in [-0.4, -0.2) is 9.97 Å². The Hall–Kier alpha value is -0.230. The normalized spacial score (nSPS) is 10.8. The monoisotopic (exact) mass is 362 g/mol. The van der Waals surface area contributed by atoms with Crippen molar-refractivity contribution in [2.24, 2.45) is 0 Å². The molecule has 1 aromatic carbocycles. The predicted molar refractivity (Wildman–Crippen MR) is 69.3 cm³/mol. The summed E-state index contributed by atoms with van der Waals surface area (Å²) >= 11 is 5.66. The third-order valence-electron chi connectivity index (χ3n) is 2.04. The van der Waals surface area contributed by atoms with Gasteiger partial charge in [-0.2, -0.15) is 0 Å². The summed E-state index contributed by atoms with van der Waals surface area (Å²) in [5.41, 5.74) is 3.21. The first-order valence-corrected chi connectivity index (χ1v) is 6.18. The highest BCUT2D eigenvalue weighted by Gasteiger charge is 2.04. The molecule has 0 saturated heterocycles. The minimum atomic E-state index is 0.937. The van der Waals surface area contributed by atoms with Crippen LogP contribution in [0, 0.1) is 3.70 Å². The molecule has 0 atom stereocenters. The van der Waals surface area contributed by atoms with Crippen LogP contribution >= 0.6 is 38.5 Å². The van der Waals surface area contributed by atoms with Crippen molar-refractivity contribution in [3.05, 3.63) is 32.1 Å². The molecule has 4 heteroatoms. The van der Waals surface area contributed by atoms with Gasteiger partial charge in [0.15, 0.2) is 0 Å². The summed E-state index contributed by atoms with van der Waals surface area (Å²) in [6, 6.07) is 4.10. The summed E-state index contributed by atoms with van der Waals surface area (Å²) in [6.07, 6.45) is 2.76. The molecule has 0 aliphatic rings. The molecule has 0 amide bonds. The molecule has 2 aromatic rings. The highest BCUT2D eigenvalue weighted by atomic mass is 127. The van der Waals surface area contributed by atoms with E-state index in [4.69, 9.17) is 0 Å². The molecule has 72 valence electrons. The van der Waals surface area contributed by atoms with Gasteiger partial charge >= 0.3 is 0 Å². The van der Waals surface area contributed by atoms with Gasteiger partial charge in [0.05, 0.1) is 17.2 Å². The number of benzene rings is 1. The van der Waals surface area contributed by atoms with Crippen LogP contribution in [0.25, 0.3) is 11.0 Å². The maximum absolute atomic E-state index is 4.49. The lowest BCUT2D eigenvalue weighted by Gasteiger charge is -2.04. The summed E-state index contributed by atoms with van der Waals surface area (Å²) in [6.45, 7) is 2.13. The lowest BCUT2D eigenvalue weighted by molar-refractivity contribution is 1.12. The third-order valence-corrected chi connectivity index (χ3v) is 3.02. The molecule has 0 aliphatic heterocycles. The van der Waals surface area contributed by atoms with Crippen LogP contribution < -0.4 is 0 Å². The molecule has 14 heavy (non-hydrogen) atoms. The van der Waals surface area contributed by atoms with Crippen LogP contribution in [0.4, 0.5) is 0 Å². The van der Waals surface area contributed by atoms with Crippen LogP contribution in [0.5, 0.6) is 0 Å². The number of rotatable bonds is 1. The van der Waals surface area contributed by atoms with Gasteiger partial charge in [-0.25, -0.2) is 4.98 Å². The van der Waals surface area contributed by atoms with E-state index < -0.39 is 0 Å². The van der Waals surface area contributed by atoms with Crippen LogP contribution in [0.15, 0.2) is 22.8 Å². The molecule has 0 aliphatic carbocycles. The van der Waals surface area contributed by atoms with Gasteiger partial charge in [0, 0.05) is 4.47 Å². The zero-order valence-corrected chi connectivity index (χ0v) is 11.3. The molecule has 0 bridgehead atoms. The largest absolute Gasteiger partial charge is 0.252 e. The van der Waals surface area contributed by atoms with Crippen molar-refractivity contribution in [1.82, 2.24) is 9.97 Å². The molecule has 1 aromatic heterocycles. The van der Waals surface area contributed by atoms with E-state index in [1.807, 2.05) is 6.07 Å². The molecule has 0 N–H and O–H groups in total. The topological polar surface area (TPSA) is 25.8 Å². The van der Waals surface area contributed by atoms with E-state index in [9.17, 15) is 0 Å². The summed E-state index contributed by atoms with van der Waals surface area (Å²) in [4.78, 5) is 8.84. The van der Waals surface area contributed by atoms with Crippen LogP contribution in [0.3, 0.4) is 0 Å². The molecule has 0 spiro atoms. The molecule has 0 unspecified atom stereocenters. The Morgan fingerprint density at radius 1 is 1.43 bits per heavy atom. The minimum absolute atomic E-state index is 0.937. The Morgan fingerprint density at radius 3 is 2.93 bits per heavy atom. The molecule has 0 fully saturated rings. The standard InChI is InChI=1S/C10H8BrIN2/c1-2-6-3-7(11)4-8-10(6)14-9(12)5-13-8/h3-5H,2H2,1H3. The second-order valence-corrected chi connectivity index (χ2v) is 5.00. The van der Waals surface area contributed by atoms with Crippen molar-refractivity contribution >= 4 is 49.6 Å². The van der Waals surface area contributed by atoms with Crippen molar-refractivity contribution in [3.63, 3.8) is 0 Å².